The van der Waals surface area contributed by atoms with Gasteiger partial charge in [0.2, 0.25) is 0 Å². The van der Waals surface area contributed by atoms with Gasteiger partial charge in [-0.2, -0.15) is 0 Å². The van der Waals surface area contributed by atoms with Crippen LogP contribution in [0.4, 0.5) is 5.82 Å². The molecule has 2 heterocycles. The highest BCUT2D eigenvalue weighted by Crippen LogP contribution is 2.19. The Hall–Kier alpha value is -1.31. The topological polar surface area (TPSA) is 68.9 Å². The van der Waals surface area contributed by atoms with Crippen LogP contribution in [0.15, 0.2) is 16.9 Å². The molecule has 1 fully saturated rings. The number of piperazine rings is 1. The maximum Gasteiger partial charge on any atom is 0.488 e. The Bertz CT molecular complexity index is 558. The molecule has 2 N–H and O–H groups in total. The quantitative estimate of drug-likeness (QED) is 0.684. The molecule has 0 bridgehead atoms. The zero-order valence-corrected chi connectivity index (χ0v) is 13.2. The summed E-state index contributed by atoms with van der Waals surface area (Å²) in [6.45, 7) is 10.1. The van der Waals surface area contributed by atoms with Gasteiger partial charge in [0.15, 0.2) is 0 Å². The number of rotatable bonds is 2. The number of hydrogen-bond donors (Lipinski definition) is 2. The molecule has 0 atom stereocenters. The molecule has 1 aromatic rings. The number of aromatic nitrogens is 1. The van der Waals surface area contributed by atoms with E-state index >= 15 is 0 Å². The van der Waals surface area contributed by atoms with Crippen molar-refractivity contribution >= 4 is 18.4 Å². The molecule has 0 saturated carbocycles. The number of pyridine rings is 1. The van der Waals surface area contributed by atoms with Crippen LogP contribution in [0.5, 0.6) is 0 Å². The molecule has 1 saturated heterocycles. The standard InChI is InChI=1S/C14H24BN3O3/c1-14(2,3)18-7-5-17(6-8-18)12-9-11(15(20)21)10-13(19)16(12)4/h9-10,20-21H,5-8H2,1-4H3. The van der Waals surface area contributed by atoms with Gasteiger partial charge in [0.1, 0.15) is 5.82 Å². The van der Waals surface area contributed by atoms with Gasteiger partial charge in [0.25, 0.3) is 5.56 Å². The minimum absolute atomic E-state index is 0.140. The van der Waals surface area contributed by atoms with E-state index < -0.39 is 7.12 Å². The van der Waals surface area contributed by atoms with Crippen molar-refractivity contribution in [2.75, 3.05) is 31.1 Å². The van der Waals surface area contributed by atoms with E-state index in [-0.39, 0.29) is 16.6 Å². The molecule has 1 aromatic heterocycles. The Balaban J connectivity index is 2.22. The fraction of sp³-hybridized carbons (Fsp3) is 0.643. The van der Waals surface area contributed by atoms with Crippen molar-refractivity contribution < 1.29 is 10.0 Å². The Morgan fingerprint density at radius 1 is 1.10 bits per heavy atom. The summed E-state index contributed by atoms with van der Waals surface area (Å²) in [5.74, 6) is 0.735. The predicted octanol–water partition coefficient (Wildman–Crippen LogP) is -1.01. The highest BCUT2D eigenvalue weighted by Gasteiger charge is 2.27. The fourth-order valence-corrected chi connectivity index (χ4v) is 2.70. The summed E-state index contributed by atoms with van der Waals surface area (Å²) < 4.78 is 1.55. The van der Waals surface area contributed by atoms with E-state index in [2.05, 4.69) is 30.6 Å². The first-order chi connectivity index (χ1) is 9.70. The fourth-order valence-electron chi connectivity index (χ4n) is 2.70. The number of nitrogens with zero attached hydrogens (tertiary/aromatic N) is 3. The lowest BCUT2D eigenvalue weighted by atomic mass is 9.81. The molecule has 0 aliphatic carbocycles. The molecule has 21 heavy (non-hydrogen) atoms. The van der Waals surface area contributed by atoms with Gasteiger partial charge in [-0.15, -0.1) is 0 Å². The van der Waals surface area contributed by atoms with Crippen LogP contribution in [0.1, 0.15) is 20.8 Å². The van der Waals surface area contributed by atoms with Gasteiger partial charge >= 0.3 is 7.12 Å². The molecule has 0 radical (unpaired) electrons. The maximum absolute atomic E-state index is 11.9. The average Bonchev–Trinajstić information content (AvgIpc) is 2.40. The molecule has 1 aliphatic heterocycles. The van der Waals surface area contributed by atoms with Crippen LogP contribution in [-0.2, 0) is 7.05 Å². The van der Waals surface area contributed by atoms with Crippen LogP contribution in [0.2, 0.25) is 0 Å². The van der Waals surface area contributed by atoms with Crippen LogP contribution >= 0.6 is 0 Å². The van der Waals surface area contributed by atoms with Crippen molar-refractivity contribution in [3.05, 3.63) is 22.5 Å². The third-order valence-corrected chi connectivity index (χ3v) is 4.11. The predicted molar refractivity (Wildman–Crippen MR) is 85.0 cm³/mol. The highest BCUT2D eigenvalue weighted by molar-refractivity contribution is 6.58. The van der Waals surface area contributed by atoms with Crippen molar-refractivity contribution in [2.45, 2.75) is 26.3 Å². The molecule has 2 rings (SSSR count). The van der Waals surface area contributed by atoms with Crippen molar-refractivity contribution in [3.63, 3.8) is 0 Å². The molecule has 0 unspecified atom stereocenters. The van der Waals surface area contributed by atoms with E-state index in [1.54, 1.807) is 17.7 Å². The molecular formula is C14H24BN3O3. The van der Waals surface area contributed by atoms with Gasteiger partial charge in [-0.05, 0) is 32.3 Å². The molecular weight excluding hydrogens is 269 g/mol. The largest absolute Gasteiger partial charge is 0.488 e. The van der Waals surface area contributed by atoms with Gasteiger partial charge in [-0.25, -0.2) is 0 Å². The van der Waals surface area contributed by atoms with Crippen LogP contribution in [0, 0.1) is 0 Å². The smallest absolute Gasteiger partial charge is 0.423 e. The molecule has 6 nitrogen and oxygen atoms in total. The summed E-state index contributed by atoms with van der Waals surface area (Å²) in [5.41, 5.74) is 0.154. The summed E-state index contributed by atoms with van der Waals surface area (Å²) in [7, 11) is 0.0925. The summed E-state index contributed by atoms with van der Waals surface area (Å²) in [6.07, 6.45) is 0. The van der Waals surface area contributed by atoms with Crippen LogP contribution < -0.4 is 15.9 Å². The van der Waals surface area contributed by atoms with Crippen LogP contribution in [-0.4, -0.2) is 58.4 Å². The second-order valence-electron chi connectivity index (χ2n) is 6.56. The highest BCUT2D eigenvalue weighted by atomic mass is 16.4. The van der Waals surface area contributed by atoms with Gasteiger partial charge < -0.3 is 14.9 Å². The summed E-state index contributed by atoms with van der Waals surface area (Å²) >= 11 is 0. The molecule has 7 heteroatoms. The van der Waals surface area contributed by atoms with Crippen molar-refractivity contribution in [3.8, 4) is 0 Å². The SMILES string of the molecule is Cn1c(N2CCN(C(C)(C)C)CC2)cc(B(O)O)cc1=O. The second kappa shape index (κ2) is 5.83. The normalized spacial score (nSPS) is 17.1. The average molecular weight is 293 g/mol. The van der Waals surface area contributed by atoms with Crippen molar-refractivity contribution in [1.29, 1.82) is 0 Å². The third-order valence-electron chi connectivity index (χ3n) is 4.11. The zero-order valence-electron chi connectivity index (χ0n) is 13.2. The first-order valence-corrected chi connectivity index (χ1v) is 7.27. The van der Waals surface area contributed by atoms with Crippen molar-refractivity contribution in [1.82, 2.24) is 9.47 Å². The first kappa shape index (κ1) is 16.1. The van der Waals surface area contributed by atoms with E-state index in [1.807, 2.05) is 0 Å². The van der Waals surface area contributed by atoms with E-state index in [0.717, 1.165) is 32.0 Å². The van der Waals surface area contributed by atoms with E-state index in [0.29, 0.717) is 0 Å². The summed E-state index contributed by atoms with van der Waals surface area (Å²) in [6, 6.07) is 2.94. The molecule has 116 valence electrons. The molecule has 0 spiro atoms. The lowest BCUT2D eigenvalue weighted by Gasteiger charge is -2.43. The lowest BCUT2D eigenvalue weighted by Crippen LogP contribution is -2.54. The minimum Gasteiger partial charge on any atom is -0.423 e. The van der Waals surface area contributed by atoms with E-state index in [4.69, 9.17) is 0 Å². The summed E-state index contributed by atoms with van der Waals surface area (Å²) in [4.78, 5) is 16.5. The summed E-state index contributed by atoms with van der Waals surface area (Å²) in [5, 5.41) is 18.6. The second-order valence-corrected chi connectivity index (χ2v) is 6.56. The molecule has 0 aromatic carbocycles. The van der Waals surface area contributed by atoms with Gasteiger partial charge in [0.05, 0.1) is 0 Å². The molecule has 0 amide bonds. The number of hydrogen-bond acceptors (Lipinski definition) is 5. The molecule has 1 aliphatic rings. The van der Waals surface area contributed by atoms with Crippen molar-refractivity contribution in [2.24, 2.45) is 7.05 Å². The van der Waals surface area contributed by atoms with E-state index in [9.17, 15) is 14.8 Å². The van der Waals surface area contributed by atoms with E-state index in [1.165, 1.54) is 6.07 Å². The minimum atomic E-state index is -1.62. The first-order valence-electron chi connectivity index (χ1n) is 7.27. The Kier molecular flexibility index (Phi) is 4.46. The monoisotopic (exact) mass is 293 g/mol. The van der Waals surface area contributed by atoms with Crippen LogP contribution in [0.3, 0.4) is 0 Å². The lowest BCUT2D eigenvalue weighted by molar-refractivity contribution is 0.128. The zero-order chi connectivity index (χ0) is 15.8. The van der Waals surface area contributed by atoms with Crippen LogP contribution in [0.25, 0.3) is 0 Å². The Labute approximate surface area is 125 Å². The Morgan fingerprint density at radius 2 is 1.67 bits per heavy atom. The van der Waals surface area contributed by atoms with Gasteiger partial charge in [-0.1, -0.05) is 0 Å². The van der Waals surface area contributed by atoms with Gasteiger partial charge in [0, 0.05) is 44.8 Å². The Morgan fingerprint density at radius 3 is 2.14 bits per heavy atom. The maximum atomic E-state index is 11.9. The third kappa shape index (κ3) is 3.48. The van der Waals surface area contributed by atoms with Gasteiger partial charge in [-0.3, -0.25) is 14.3 Å². The number of anilines is 1.